The van der Waals surface area contributed by atoms with Gasteiger partial charge in [-0.05, 0) is 24.6 Å². The maximum absolute atomic E-state index is 12.1. The number of benzene rings is 1. The Morgan fingerprint density at radius 3 is 2.50 bits per heavy atom. The Labute approximate surface area is 160 Å². The van der Waals surface area contributed by atoms with Crippen LogP contribution in [0.25, 0.3) is 11.0 Å². The highest BCUT2D eigenvalue weighted by molar-refractivity contribution is 7.90. The Morgan fingerprint density at radius 2 is 1.96 bits per heavy atom. The van der Waals surface area contributed by atoms with Crippen molar-refractivity contribution < 1.29 is 13.2 Å². The molecular formula is C17H27ClN4O3S. The second kappa shape index (κ2) is 7.94. The van der Waals surface area contributed by atoms with Crippen LogP contribution in [0.3, 0.4) is 0 Å². The van der Waals surface area contributed by atoms with Crippen molar-refractivity contribution in [3.8, 4) is 0 Å². The van der Waals surface area contributed by atoms with Crippen molar-refractivity contribution in [3.63, 3.8) is 0 Å². The summed E-state index contributed by atoms with van der Waals surface area (Å²) in [6.45, 7) is 6.28. The number of imidazole rings is 1. The molecule has 1 aromatic carbocycles. The fourth-order valence-corrected chi connectivity index (χ4v) is 3.34. The molecule has 0 fully saturated rings. The van der Waals surface area contributed by atoms with Gasteiger partial charge >= 0.3 is 0 Å². The lowest BCUT2D eigenvalue weighted by molar-refractivity contribution is -0.117. The number of hydrogen-bond donors (Lipinski definition) is 2. The quantitative estimate of drug-likeness (QED) is 0.795. The number of sulfone groups is 1. The molecule has 9 heteroatoms. The standard InChI is InChI=1S/C17H26N4O3S.ClH/c1-17(2,3)16-20-13-10-11(6-7-14(13)21(16)4)19-15(22)12(18)8-9-25(5,23)24;/h6-7,10,12H,8-9,18H2,1-5H3,(H,19,22);1H. The molecule has 146 valence electrons. The molecule has 1 aromatic heterocycles. The summed E-state index contributed by atoms with van der Waals surface area (Å²) >= 11 is 0. The number of hydrogen-bond acceptors (Lipinski definition) is 5. The Morgan fingerprint density at radius 1 is 1.35 bits per heavy atom. The molecule has 26 heavy (non-hydrogen) atoms. The van der Waals surface area contributed by atoms with E-state index in [1.165, 1.54) is 0 Å². The van der Waals surface area contributed by atoms with Crippen molar-refractivity contribution in [2.24, 2.45) is 12.8 Å². The summed E-state index contributed by atoms with van der Waals surface area (Å²) in [6.07, 6.45) is 1.21. The molecule has 0 aliphatic carbocycles. The highest BCUT2D eigenvalue weighted by atomic mass is 35.5. The van der Waals surface area contributed by atoms with Gasteiger partial charge in [-0.3, -0.25) is 4.79 Å². The summed E-state index contributed by atoms with van der Waals surface area (Å²) in [5, 5.41) is 2.73. The van der Waals surface area contributed by atoms with Crippen molar-refractivity contribution >= 4 is 44.9 Å². The molecule has 7 nitrogen and oxygen atoms in total. The van der Waals surface area contributed by atoms with Crippen molar-refractivity contribution in [2.45, 2.75) is 38.6 Å². The zero-order valence-electron chi connectivity index (χ0n) is 15.7. The first kappa shape index (κ1) is 22.4. The molecule has 3 N–H and O–H groups in total. The molecule has 0 aliphatic heterocycles. The first-order valence-electron chi connectivity index (χ1n) is 8.09. The van der Waals surface area contributed by atoms with Crippen LogP contribution in [-0.4, -0.2) is 41.9 Å². The van der Waals surface area contributed by atoms with E-state index in [4.69, 9.17) is 5.73 Å². The number of fused-ring (bicyclic) bond motifs is 1. The van der Waals surface area contributed by atoms with E-state index in [-0.39, 0.29) is 30.0 Å². The van der Waals surface area contributed by atoms with Crippen LogP contribution in [0.1, 0.15) is 33.0 Å². The third-order valence-corrected chi connectivity index (χ3v) is 4.93. The summed E-state index contributed by atoms with van der Waals surface area (Å²) in [7, 11) is -1.18. The van der Waals surface area contributed by atoms with Gasteiger partial charge in [-0.1, -0.05) is 20.8 Å². The number of aryl methyl sites for hydroxylation is 1. The van der Waals surface area contributed by atoms with Gasteiger partial charge in [-0.25, -0.2) is 13.4 Å². The van der Waals surface area contributed by atoms with Crippen LogP contribution >= 0.6 is 12.4 Å². The summed E-state index contributed by atoms with van der Waals surface area (Å²) in [4.78, 5) is 16.8. The van der Waals surface area contributed by atoms with Gasteiger partial charge in [0.15, 0.2) is 0 Å². The van der Waals surface area contributed by atoms with Crippen molar-refractivity contribution in [3.05, 3.63) is 24.0 Å². The van der Waals surface area contributed by atoms with Gasteiger partial charge in [0.25, 0.3) is 0 Å². The largest absolute Gasteiger partial charge is 0.331 e. The van der Waals surface area contributed by atoms with E-state index in [1.54, 1.807) is 12.1 Å². The Hall–Kier alpha value is -1.64. The average Bonchev–Trinajstić information content (AvgIpc) is 2.80. The van der Waals surface area contributed by atoms with E-state index in [9.17, 15) is 13.2 Å². The minimum absolute atomic E-state index is 0. The topological polar surface area (TPSA) is 107 Å². The Balaban J connectivity index is 0.00000338. The number of carbonyl (C=O) groups excluding carboxylic acids is 1. The molecule has 0 spiro atoms. The number of anilines is 1. The lowest BCUT2D eigenvalue weighted by Gasteiger charge is -2.17. The average molecular weight is 403 g/mol. The molecule has 2 rings (SSSR count). The zero-order valence-corrected chi connectivity index (χ0v) is 17.4. The molecule has 2 aromatic rings. The van der Waals surface area contributed by atoms with Gasteiger partial charge in [-0.15, -0.1) is 12.4 Å². The summed E-state index contributed by atoms with van der Waals surface area (Å²) in [6, 6.07) is 4.61. The van der Waals surface area contributed by atoms with Crippen LogP contribution in [-0.2, 0) is 27.1 Å². The van der Waals surface area contributed by atoms with Crippen molar-refractivity contribution in [1.29, 1.82) is 0 Å². The Bertz CT molecular complexity index is 901. The van der Waals surface area contributed by atoms with Gasteiger partial charge in [0, 0.05) is 24.4 Å². The monoisotopic (exact) mass is 402 g/mol. The number of nitrogens with two attached hydrogens (primary N) is 1. The zero-order chi connectivity index (χ0) is 19.0. The minimum atomic E-state index is -3.14. The summed E-state index contributed by atoms with van der Waals surface area (Å²) in [5.41, 5.74) is 8.03. The summed E-state index contributed by atoms with van der Waals surface area (Å²) < 4.78 is 24.4. The van der Waals surface area contributed by atoms with Gasteiger partial charge in [0.1, 0.15) is 15.7 Å². The second-order valence-corrected chi connectivity index (χ2v) is 9.72. The van der Waals surface area contributed by atoms with E-state index < -0.39 is 21.8 Å². The number of halogens is 1. The van der Waals surface area contributed by atoms with Crippen LogP contribution in [0, 0.1) is 0 Å². The van der Waals surface area contributed by atoms with Gasteiger partial charge < -0.3 is 15.6 Å². The van der Waals surface area contributed by atoms with Crippen LogP contribution in [0.5, 0.6) is 0 Å². The van der Waals surface area contributed by atoms with E-state index >= 15 is 0 Å². The number of nitrogens with zero attached hydrogens (tertiary/aromatic N) is 2. The molecule has 1 unspecified atom stereocenters. The van der Waals surface area contributed by atoms with Crippen molar-refractivity contribution in [1.82, 2.24) is 9.55 Å². The lowest BCUT2D eigenvalue weighted by Crippen LogP contribution is -2.37. The molecule has 0 saturated heterocycles. The van der Waals surface area contributed by atoms with E-state index in [0.29, 0.717) is 5.69 Å². The second-order valence-electron chi connectivity index (χ2n) is 7.46. The number of carbonyl (C=O) groups is 1. The number of nitrogens with one attached hydrogen (secondary N) is 1. The normalized spacial score (nSPS) is 13.3. The fraction of sp³-hybridized carbons (Fsp3) is 0.529. The van der Waals surface area contributed by atoms with E-state index in [2.05, 4.69) is 31.1 Å². The van der Waals surface area contributed by atoms with Crippen LogP contribution in [0.2, 0.25) is 0 Å². The number of amides is 1. The number of aromatic nitrogens is 2. The molecule has 0 radical (unpaired) electrons. The highest BCUT2D eigenvalue weighted by Crippen LogP contribution is 2.26. The Kier molecular flexibility index (Phi) is 6.84. The first-order valence-corrected chi connectivity index (χ1v) is 10.2. The van der Waals surface area contributed by atoms with Crippen LogP contribution < -0.4 is 11.1 Å². The highest BCUT2D eigenvalue weighted by Gasteiger charge is 2.22. The lowest BCUT2D eigenvalue weighted by atomic mass is 9.96. The fourth-order valence-electron chi connectivity index (χ4n) is 2.66. The predicted molar refractivity (Wildman–Crippen MR) is 108 cm³/mol. The predicted octanol–water partition coefficient (Wildman–Crippen LogP) is 1.99. The molecule has 1 amide bonds. The molecule has 0 aliphatic rings. The molecule has 1 heterocycles. The maximum Gasteiger partial charge on any atom is 0.241 e. The first-order chi connectivity index (χ1) is 11.4. The molecular weight excluding hydrogens is 376 g/mol. The maximum atomic E-state index is 12.1. The SMILES string of the molecule is Cl.Cn1c(C(C)(C)C)nc2cc(NC(=O)C(N)CCS(C)(=O)=O)ccc21. The minimum Gasteiger partial charge on any atom is -0.331 e. The third kappa shape index (κ3) is 5.43. The smallest absolute Gasteiger partial charge is 0.241 e. The van der Waals surface area contributed by atoms with E-state index in [1.807, 2.05) is 17.7 Å². The molecule has 0 bridgehead atoms. The molecule has 1 atom stereocenters. The van der Waals surface area contributed by atoms with Gasteiger partial charge in [0.2, 0.25) is 5.91 Å². The van der Waals surface area contributed by atoms with Crippen molar-refractivity contribution in [2.75, 3.05) is 17.3 Å². The van der Waals surface area contributed by atoms with Crippen LogP contribution in [0.4, 0.5) is 5.69 Å². The third-order valence-electron chi connectivity index (χ3n) is 3.96. The number of rotatable bonds is 5. The van der Waals surface area contributed by atoms with Gasteiger partial charge in [0.05, 0.1) is 22.8 Å². The van der Waals surface area contributed by atoms with E-state index in [0.717, 1.165) is 23.1 Å². The summed E-state index contributed by atoms with van der Waals surface area (Å²) in [5.74, 6) is 0.432. The molecule has 0 saturated carbocycles. The van der Waals surface area contributed by atoms with Gasteiger partial charge in [-0.2, -0.15) is 0 Å². The van der Waals surface area contributed by atoms with Crippen LogP contribution in [0.15, 0.2) is 18.2 Å².